The van der Waals surface area contributed by atoms with Crippen LogP contribution in [-0.4, -0.2) is 55.8 Å². The Kier molecular flexibility index (Phi) is 5.23. The molecule has 100 valence electrons. The maximum atomic E-state index is 5.33. The first-order chi connectivity index (χ1) is 8.88. The number of nitrogens with one attached hydrogen (secondary N) is 2. The Morgan fingerprint density at radius 1 is 1.22 bits per heavy atom. The van der Waals surface area contributed by atoms with Gasteiger partial charge in [-0.2, -0.15) is 0 Å². The lowest BCUT2D eigenvalue weighted by Crippen LogP contribution is -2.39. The van der Waals surface area contributed by atoms with Crippen LogP contribution in [0.3, 0.4) is 0 Å². The lowest BCUT2D eigenvalue weighted by molar-refractivity contribution is 0.0398. The first-order valence-electron chi connectivity index (χ1n) is 6.61. The second-order valence-electron chi connectivity index (χ2n) is 4.37. The van der Waals surface area contributed by atoms with Gasteiger partial charge in [0.15, 0.2) is 0 Å². The molecule has 1 fully saturated rings. The third-order valence-electron chi connectivity index (χ3n) is 2.98. The number of rotatable bonds is 6. The summed E-state index contributed by atoms with van der Waals surface area (Å²) < 4.78 is 5.33. The van der Waals surface area contributed by atoms with Gasteiger partial charge in [-0.1, -0.05) is 0 Å². The summed E-state index contributed by atoms with van der Waals surface area (Å²) in [7, 11) is 0. The van der Waals surface area contributed by atoms with E-state index < -0.39 is 0 Å². The molecule has 0 spiro atoms. The number of morpholine rings is 1. The fourth-order valence-corrected chi connectivity index (χ4v) is 2.02. The molecular formula is C13H22N4O. The summed E-state index contributed by atoms with van der Waals surface area (Å²) >= 11 is 0. The minimum atomic E-state index is 0.859. The molecule has 0 radical (unpaired) electrons. The van der Waals surface area contributed by atoms with Gasteiger partial charge in [0.2, 0.25) is 0 Å². The van der Waals surface area contributed by atoms with Crippen molar-refractivity contribution in [2.24, 2.45) is 0 Å². The molecule has 0 bridgehead atoms. The van der Waals surface area contributed by atoms with E-state index in [-0.39, 0.29) is 0 Å². The number of hydrogen-bond donors (Lipinski definition) is 2. The summed E-state index contributed by atoms with van der Waals surface area (Å²) in [6.45, 7) is 8.78. The highest BCUT2D eigenvalue weighted by Gasteiger charge is 2.09. The van der Waals surface area contributed by atoms with Crippen molar-refractivity contribution in [3.8, 4) is 0 Å². The summed E-state index contributed by atoms with van der Waals surface area (Å²) in [5, 5.41) is 6.66. The molecule has 2 rings (SSSR count). The Labute approximate surface area is 109 Å². The molecule has 2 N–H and O–H groups in total. The zero-order valence-electron chi connectivity index (χ0n) is 11.0. The molecule has 1 aliphatic rings. The van der Waals surface area contributed by atoms with Crippen molar-refractivity contribution < 1.29 is 4.74 Å². The third-order valence-corrected chi connectivity index (χ3v) is 2.98. The van der Waals surface area contributed by atoms with Crippen LogP contribution in [0, 0.1) is 0 Å². The molecule has 1 saturated heterocycles. The summed E-state index contributed by atoms with van der Waals surface area (Å²) in [5.41, 5.74) is 2.13. The van der Waals surface area contributed by atoms with Crippen molar-refractivity contribution in [3.05, 3.63) is 18.5 Å². The maximum Gasteiger partial charge on any atom is 0.0594 e. The van der Waals surface area contributed by atoms with Gasteiger partial charge in [-0.05, 0) is 13.0 Å². The van der Waals surface area contributed by atoms with Crippen LogP contribution in [-0.2, 0) is 4.74 Å². The first-order valence-corrected chi connectivity index (χ1v) is 6.61. The van der Waals surface area contributed by atoms with Gasteiger partial charge in [-0.15, -0.1) is 0 Å². The van der Waals surface area contributed by atoms with Crippen molar-refractivity contribution in [1.29, 1.82) is 0 Å². The molecule has 5 nitrogen and oxygen atoms in total. The van der Waals surface area contributed by atoms with Crippen molar-refractivity contribution in [2.75, 3.05) is 56.6 Å². The molecule has 0 amide bonds. The summed E-state index contributed by atoms with van der Waals surface area (Å²) in [6, 6.07) is 2.09. The quantitative estimate of drug-likeness (QED) is 0.796. The summed E-state index contributed by atoms with van der Waals surface area (Å²) in [4.78, 5) is 6.62. The molecule has 0 aliphatic carbocycles. The zero-order chi connectivity index (χ0) is 12.6. The molecule has 1 aromatic heterocycles. The number of anilines is 2. The first kappa shape index (κ1) is 13.1. The van der Waals surface area contributed by atoms with E-state index in [4.69, 9.17) is 4.74 Å². The Bertz CT molecular complexity index is 353. The minimum absolute atomic E-state index is 0.859. The van der Waals surface area contributed by atoms with Crippen molar-refractivity contribution in [1.82, 2.24) is 9.88 Å². The standard InChI is InChI=1S/C13H22N4O/c1-2-15-12-9-13(11-14-10-12)16-3-4-17-5-7-18-8-6-17/h9-11,15-16H,2-8H2,1H3. The number of nitrogens with zero attached hydrogens (tertiary/aromatic N) is 2. The van der Waals surface area contributed by atoms with Gasteiger partial charge in [0.25, 0.3) is 0 Å². The lowest BCUT2D eigenvalue weighted by atomic mass is 10.3. The number of hydrogen-bond acceptors (Lipinski definition) is 5. The van der Waals surface area contributed by atoms with Crippen molar-refractivity contribution in [2.45, 2.75) is 6.92 Å². The number of pyridine rings is 1. The van der Waals surface area contributed by atoms with E-state index in [0.717, 1.165) is 57.3 Å². The van der Waals surface area contributed by atoms with Crippen LogP contribution >= 0.6 is 0 Å². The van der Waals surface area contributed by atoms with Crippen LogP contribution in [0.5, 0.6) is 0 Å². The van der Waals surface area contributed by atoms with Gasteiger partial charge < -0.3 is 15.4 Å². The minimum Gasteiger partial charge on any atom is -0.384 e. The molecule has 0 unspecified atom stereocenters. The van der Waals surface area contributed by atoms with Gasteiger partial charge >= 0.3 is 0 Å². The SMILES string of the molecule is CCNc1cncc(NCCN2CCOCC2)c1. The predicted molar refractivity (Wildman–Crippen MR) is 74.1 cm³/mol. The van der Waals surface area contributed by atoms with Crippen LogP contribution in [0.15, 0.2) is 18.5 Å². The average Bonchev–Trinajstić information content (AvgIpc) is 2.41. The second-order valence-corrected chi connectivity index (χ2v) is 4.37. The molecular weight excluding hydrogens is 228 g/mol. The molecule has 5 heteroatoms. The number of aromatic nitrogens is 1. The van der Waals surface area contributed by atoms with Crippen molar-refractivity contribution >= 4 is 11.4 Å². The van der Waals surface area contributed by atoms with Crippen LogP contribution in [0.2, 0.25) is 0 Å². The van der Waals surface area contributed by atoms with Gasteiger partial charge in [-0.3, -0.25) is 9.88 Å². The lowest BCUT2D eigenvalue weighted by Gasteiger charge is -2.26. The Morgan fingerprint density at radius 3 is 2.67 bits per heavy atom. The monoisotopic (exact) mass is 250 g/mol. The summed E-state index contributed by atoms with van der Waals surface area (Å²) in [6.07, 6.45) is 3.71. The van der Waals surface area contributed by atoms with Crippen LogP contribution < -0.4 is 10.6 Å². The molecule has 0 aromatic carbocycles. The third kappa shape index (κ3) is 4.16. The van der Waals surface area contributed by atoms with E-state index >= 15 is 0 Å². The predicted octanol–water partition coefficient (Wildman–Crippen LogP) is 1.26. The zero-order valence-corrected chi connectivity index (χ0v) is 11.0. The Balaban J connectivity index is 1.73. The van der Waals surface area contributed by atoms with Crippen LogP contribution in [0.4, 0.5) is 11.4 Å². The van der Waals surface area contributed by atoms with E-state index in [1.54, 1.807) is 0 Å². The van der Waals surface area contributed by atoms with E-state index in [1.165, 1.54) is 0 Å². The Morgan fingerprint density at radius 2 is 1.94 bits per heavy atom. The molecule has 2 heterocycles. The second kappa shape index (κ2) is 7.18. The number of ether oxygens (including phenoxy) is 1. The molecule has 0 atom stereocenters. The maximum absolute atomic E-state index is 5.33. The van der Waals surface area contributed by atoms with Gasteiger partial charge in [0.1, 0.15) is 0 Å². The van der Waals surface area contributed by atoms with Crippen molar-refractivity contribution in [3.63, 3.8) is 0 Å². The largest absolute Gasteiger partial charge is 0.384 e. The van der Waals surface area contributed by atoms with Crippen LogP contribution in [0.1, 0.15) is 6.92 Å². The normalized spacial score (nSPS) is 16.5. The molecule has 1 aromatic rings. The molecule has 0 saturated carbocycles. The fraction of sp³-hybridized carbons (Fsp3) is 0.615. The topological polar surface area (TPSA) is 49.4 Å². The van der Waals surface area contributed by atoms with Gasteiger partial charge in [0.05, 0.1) is 37.0 Å². The Hall–Kier alpha value is -1.33. The van der Waals surface area contributed by atoms with E-state index in [9.17, 15) is 0 Å². The van der Waals surface area contributed by atoms with E-state index in [1.807, 2.05) is 12.4 Å². The fourth-order valence-electron chi connectivity index (χ4n) is 2.02. The average molecular weight is 250 g/mol. The van der Waals surface area contributed by atoms with Gasteiger partial charge in [-0.25, -0.2) is 0 Å². The summed E-state index contributed by atoms with van der Waals surface area (Å²) in [5.74, 6) is 0. The molecule has 18 heavy (non-hydrogen) atoms. The smallest absolute Gasteiger partial charge is 0.0594 e. The van der Waals surface area contributed by atoms with Gasteiger partial charge in [0, 0.05) is 32.7 Å². The van der Waals surface area contributed by atoms with Crippen LogP contribution in [0.25, 0.3) is 0 Å². The highest BCUT2D eigenvalue weighted by atomic mass is 16.5. The highest BCUT2D eigenvalue weighted by molar-refractivity contribution is 5.53. The van der Waals surface area contributed by atoms with E-state index in [2.05, 4.69) is 33.5 Å². The highest BCUT2D eigenvalue weighted by Crippen LogP contribution is 2.12. The van der Waals surface area contributed by atoms with E-state index in [0.29, 0.717) is 0 Å². The molecule has 1 aliphatic heterocycles.